The van der Waals surface area contributed by atoms with Crippen molar-refractivity contribution in [2.45, 2.75) is 26.3 Å². The molecule has 0 unspecified atom stereocenters. The molecule has 0 saturated carbocycles. The van der Waals surface area contributed by atoms with Gasteiger partial charge < -0.3 is 14.8 Å². The number of carbonyl (C=O) groups excluding carboxylic acids is 1. The van der Waals surface area contributed by atoms with Crippen molar-refractivity contribution in [3.8, 4) is 5.75 Å². The van der Waals surface area contributed by atoms with E-state index in [9.17, 15) is 4.79 Å². The number of ether oxygens (including phenoxy) is 2. The van der Waals surface area contributed by atoms with Gasteiger partial charge in [-0.05, 0) is 12.5 Å². The molecule has 0 bridgehead atoms. The van der Waals surface area contributed by atoms with Gasteiger partial charge >= 0.3 is 5.97 Å². The van der Waals surface area contributed by atoms with E-state index < -0.39 is 0 Å². The molecule has 1 rings (SSSR count). The molecular weight excluding hydrogens is 230 g/mol. The minimum absolute atomic E-state index is 0.210. The summed E-state index contributed by atoms with van der Waals surface area (Å²) in [6.45, 7) is 3.38. The molecule has 1 aromatic rings. The minimum Gasteiger partial charge on any atom is -0.496 e. The molecule has 0 aliphatic carbocycles. The summed E-state index contributed by atoms with van der Waals surface area (Å²) in [7, 11) is 1.64. The number of rotatable bonds is 8. The molecule has 0 aliphatic rings. The lowest BCUT2D eigenvalue weighted by Crippen LogP contribution is -2.24. The van der Waals surface area contributed by atoms with Crippen molar-refractivity contribution < 1.29 is 14.3 Å². The van der Waals surface area contributed by atoms with E-state index in [2.05, 4.69) is 12.2 Å². The Morgan fingerprint density at radius 3 is 2.83 bits per heavy atom. The van der Waals surface area contributed by atoms with E-state index in [4.69, 9.17) is 9.47 Å². The summed E-state index contributed by atoms with van der Waals surface area (Å²) < 4.78 is 10.3. The summed E-state index contributed by atoms with van der Waals surface area (Å²) in [5, 5.41) is 3.05. The summed E-state index contributed by atoms with van der Waals surface area (Å²) in [5.74, 6) is 0.614. The molecule has 4 nitrogen and oxygen atoms in total. The molecule has 0 amide bonds. The smallest absolute Gasteiger partial charge is 0.319 e. The van der Waals surface area contributed by atoms with Crippen LogP contribution in [-0.2, 0) is 16.1 Å². The van der Waals surface area contributed by atoms with Crippen LogP contribution in [0.3, 0.4) is 0 Å². The van der Waals surface area contributed by atoms with Crippen LogP contribution in [0.5, 0.6) is 5.75 Å². The van der Waals surface area contributed by atoms with Crippen molar-refractivity contribution in [2.24, 2.45) is 0 Å². The SMILES string of the molecule is CCCCOC(=O)CNCc1ccccc1OC. The van der Waals surface area contributed by atoms with Crippen LogP contribution in [0.15, 0.2) is 24.3 Å². The lowest BCUT2D eigenvalue weighted by molar-refractivity contribution is -0.142. The highest BCUT2D eigenvalue weighted by atomic mass is 16.5. The number of benzene rings is 1. The Bertz CT molecular complexity index is 366. The molecule has 1 aromatic carbocycles. The van der Waals surface area contributed by atoms with Gasteiger partial charge in [0.2, 0.25) is 0 Å². The maximum absolute atomic E-state index is 11.3. The van der Waals surface area contributed by atoms with Crippen LogP contribution in [0.1, 0.15) is 25.3 Å². The maximum Gasteiger partial charge on any atom is 0.319 e. The van der Waals surface area contributed by atoms with E-state index in [0.29, 0.717) is 13.2 Å². The van der Waals surface area contributed by atoms with Gasteiger partial charge in [-0.25, -0.2) is 0 Å². The summed E-state index contributed by atoms with van der Waals surface area (Å²) in [5.41, 5.74) is 1.03. The van der Waals surface area contributed by atoms with Crippen molar-refractivity contribution in [3.63, 3.8) is 0 Å². The van der Waals surface area contributed by atoms with Crippen LogP contribution in [0.2, 0.25) is 0 Å². The highest BCUT2D eigenvalue weighted by Gasteiger charge is 2.04. The highest BCUT2D eigenvalue weighted by molar-refractivity contribution is 5.71. The second kappa shape index (κ2) is 8.53. The fourth-order valence-corrected chi connectivity index (χ4v) is 1.53. The Hall–Kier alpha value is -1.55. The molecule has 100 valence electrons. The standard InChI is InChI=1S/C14H21NO3/c1-3-4-9-18-14(16)11-15-10-12-7-5-6-8-13(12)17-2/h5-8,15H,3-4,9-11H2,1-2H3. The van der Waals surface area contributed by atoms with Crippen LogP contribution >= 0.6 is 0 Å². The van der Waals surface area contributed by atoms with Gasteiger partial charge in [0, 0.05) is 12.1 Å². The van der Waals surface area contributed by atoms with Gasteiger partial charge in [0.25, 0.3) is 0 Å². The average Bonchev–Trinajstić information content (AvgIpc) is 2.39. The van der Waals surface area contributed by atoms with Crippen molar-refractivity contribution in [1.82, 2.24) is 5.32 Å². The van der Waals surface area contributed by atoms with Gasteiger partial charge in [-0.3, -0.25) is 4.79 Å². The largest absolute Gasteiger partial charge is 0.496 e. The van der Waals surface area contributed by atoms with Gasteiger partial charge in [-0.1, -0.05) is 31.5 Å². The van der Waals surface area contributed by atoms with Crippen molar-refractivity contribution in [2.75, 3.05) is 20.3 Å². The highest BCUT2D eigenvalue weighted by Crippen LogP contribution is 2.16. The molecule has 0 atom stereocenters. The maximum atomic E-state index is 11.3. The van der Waals surface area contributed by atoms with Gasteiger partial charge in [0.05, 0.1) is 20.3 Å². The van der Waals surface area contributed by atoms with Crippen molar-refractivity contribution >= 4 is 5.97 Å². The van der Waals surface area contributed by atoms with E-state index in [0.717, 1.165) is 24.2 Å². The van der Waals surface area contributed by atoms with Gasteiger partial charge in [0.15, 0.2) is 0 Å². The first kappa shape index (κ1) is 14.5. The van der Waals surface area contributed by atoms with Crippen LogP contribution in [0.25, 0.3) is 0 Å². The third-order valence-electron chi connectivity index (χ3n) is 2.54. The fraction of sp³-hybridized carbons (Fsp3) is 0.500. The lowest BCUT2D eigenvalue weighted by atomic mass is 10.2. The quantitative estimate of drug-likeness (QED) is 0.568. The van der Waals surface area contributed by atoms with Gasteiger partial charge in [-0.2, -0.15) is 0 Å². The van der Waals surface area contributed by atoms with E-state index in [1.807, 2.05) is 24.3 Å². The number of nitrogens with one attached hydrogen (secondary N) is 1. The number of methoxy groups -OCH3 is 1. The van der Waals surface area contributed by atoms with Gasteiger partial charge in [0.1, 0.15) is 5.75 Å². The summed E-state index contributed by atoms with van der Waals surface area (Å²) in [6.07, 6.45) is 1.94. The summed E-state index contributed by atoms with van der Waals surface area (Å²) in [4.78, 5) is 11.3. The zero-order chi connectivity index (χ0) is 13.2. The van der Waals surface area contributed by atoms with Crippen molar-refractivity contribution in [3.05, 3.63) is 29.8 Å². The van der Waals surface area contributed by atoms with E-state index in [-0.39, 0.29) is 12.5 Å². The number of para-hydroxylation sites is 1. The Balaban J connectivity index is 2.26. The molecule has 0 fully saturated rings. The fourth-order valence-electron chi connectivity index (χ4n) is 1.53. The van der Waals surface area contributed by atoms with Crippen LogP contribution in [0, 0.1) is 0 Å². The van der Waals surface area contributed by atoms with E-state index in [1.165, 1.54) is 0 Å². The number of unbranched alkanes of at least 4 members (excludes halogenated alkanes) is 1. The lowest BCUT2D eigenvalue weighted by Gasteiger charge is -2.09. The second-order valence-electron chi connectivity index (χ2n) is 3.99. The van der Waals surface area contributed by atoms with Crippen LogP contribution < -0.4 is 10.1 Å². The predicted molar refractivity (Wildman–Crippen MR) is 70.6 cm³/mol. The molecule has 0 aliphatic heterocycles. The molecule has 18 heavy (non-hydrogen) atoms. The van der Waals surface area contributed by atoms with Crippen molar-refractivity contribution in [1.29, 1.82) is 0 Å². The Morgan fingerprint density at radius 2 is 2.11 bits per heavy atom. The predicted octanol–water partition coefficient (Wildman–Crippen LogP) is 2.13. The van der Waals surface area contributed by atoms with Gasteiger partial charge in [-0.15, -0.1) is 0 Å². The first-order chi connectivity index (χ1) is 8.77. The Kier molecular flexibility index (Phi) is 6.87. The molecule has 0 radical (unpaired) electrons. The van der Waals surface area contributed by atoms with E-state index in [1.54, 1.807) is 7.11 Å². The zero-order valence-corrected chi connectivity index (χ0v) is 11.1. The zero-order valence-electron chi connectivity index (χ0n) is 11.1. The number of esters is 1. The monoisotopic (exact) mass is 251 g/mol. The molecule has 0 saturated heterocycles. The number of hydrogen-bond acceptors (Lipinski definition) is 4. The third-order valence-corrected chi connectivity index (χ3v) is 2.54. The Labute approximate surface area is 108 Å². The number of hydrogen-bond donors (Lipinski definition) is 1. The number of carbonyl (C=O) groups is 1. The van der Waals surface area contributed by atoms with Crippen LogP contribution in [0.4, 0.5) is 0 Å². The summed E-state index contributed by atoms with van der Waals surface area (Å²) >= 11 is 0. The molecular formula is C14H21NO3. The Morgan fingerprint density at radius 1 is 1.33 bits per heavy atom. The molecule has 4 heteroatoms. The first-order valence-corrected chi connectivity index (χ1v) is 6.26. The minimum atomic E-state index is -0.210. The third kappa shape index (κ3) is 5.19. The van der Waals surface area contributed by atoms with Crippen LogP contribution in [-0.4, -0.2) is 26.2 Å². The van der Waals surface area contributed by atoms with E-state index >= 15 is 0 Å². The second-order valence-corrected chi connectivity index (χ2v) is 3.99. The first-order valence-electron chi connectivity index (χ1n) is 6.26. The molecule has 0 aromatic heterocycles. The normalized spacial score (nSPS) is 10.1. The topological polar surface area (TPSA) is 47.6 Å². The summed E-state index contributed by atoms with van der Waals surface area (Å²) in [6, 6.07) is 7.73. The molecule has 0 heterocycles. The molecule has 0 spiro atoms. The molecule has 1 N–H and O–H groups in total. The average molecular weight is 251 g/mol.